The summed E-state index contributed by atoms with van der Waals surface area (Å²) in [6.45, 7) is 2.23. The number of unbranched alkanes of at least 4 members (excludes halogenated alkanes) is 1. The zero-order chi connectivity index (χ0) is 14.7. The predicted octanol–water partition coefficient (Wildman–Crippen LogP) is 2.57. The van der Waals surface area contributed by atoms with E-state index in [9.17, 15) is 14.7 Å². The van der Waals surface area contributed by atoms with Crippen molar-refractivity contribution in [3.63, 3.8) is 0 Å². The van der Waals surface area contributed by atoms with Crippen LogP contribution < -0.4 is 5.56 Å². The monoisotopic (exact) mass is 362 g/mol. The Hall–Kier alpha value is -0.820. The summed E-state index contributed by atoms with van der Waals surface area (Å²) in [5.74, 6) is -0.994. The number of carbonyl (C=O) groups excluding carboxylic acids is 1. The van der Waals surface area contributed by atoms with E-state index in [2.05, 4.69) is 20.9 Å². The van der Waals surface area contributed by atoms with Crippen molar-refractivity contribution in [3.05, 3.63) is 38.7 Å². The molecular formula is C14H14BrNNaO4. The van der Waals surface area contributed by atoms with E-state index in [0.29, 0.717) is 15.2 Å². The first kappa shape index (κ1) is 18.2. The Morgan fingerprint density at radius 3 is 2.76 bits per heavy atom. The minimum absolute atomic E-state index is 0. The number of carbonyl (C=O) groups is 1. The van der Waals surface area contributed by atoms with Gasteiger partial charge < -0.3 is 14.8 Å². The van der Waals surface area contributed by atoms with Gasteiger partial charge in [0.1, 0.15) is 0 Å². The van der Waals surface area contributed by atoms with Crippen LogP contribution >= 0.6 is 15.9 Å². The fourth-order valence-corrected chi connectivity index (χ4v) is 2.18. The Balaban J connectivity index is 0.00000220. The predicted molar refractivity (Wildman–Crippen MR) is 84.9 cm³/mol. The number of hydrogen-bond acceptors (Lipinski definition) is 4. The molecule has 2 rings (SSSR count). The number of fused-ring (bicyclic) bond motifs is 1. The fourth-order valence-electron chi connectivity index (χ4n) is 1.81. The average molecular weight is 363 g/mol. The summed E-state index contributed by atoms with van der Waals surface area (Å²) in [4.78, 5) is 26.2. The number of rotatable bonds is 4. The van der Waals surface area contributed by atoms with Crippen molar-refractivity contribution in [3.8, 4) is 5.75 Å². The number of benzene rings is 1. The molecule has 2 aromatic rings. The number of H-pyrrole nitrogens is 1. The van der Waals surface area contributed by atoms with Crippen LogP contribution in [0.15, 0.2) is 27.5 Å². The molecule has 0 aliphatic carbocycles. The van der Waals surface area contributed by atoms with Crippen molar-refractivity contribution in [2.45, 2.75) is 19.8 Å². The molecule has 0 aliphatic rings. The van der Waals surface area contributed by atoms with Crippen LogP contribution in [0.5, 0.6) is 5.75 Å². The number of pyridine rings is 1. The topological polar surface area (TPSA) is 79.4 Å². The Labute approximate surface area is 152 Å². The molecule has 107 valence electrons. The largest absolute Gasteiger partial charge is 0.505 e. The van der Waals surface area contributed by atoms with E-state index < -0.39 is 11.5 Å². The molecular weight excluding hydrogens is 349 g/mol. The second kappa shape index (κ2) is 7.98. The van der Waals surface area contributed by atoms with Crippen LogP contribution in [0.4, 0.5) is 0 Å². The van der Waals surface area contributed by atoms with Crippen LogP contribution in [-0.2, 0) is 4.74 Å². The zero-order valence-electron chi connectivity index (χ0n) is 11.9. The average Bonchev–Trinajstić information content (AvgIpc) is 2.42. The first-order valence-corrected chi connectivity index (χ1v) is 7.05. The SMILES string of the molecule is CCCCOC(=O)c1[nH]c(=O)c2cc(Br)ccc2c1O.[Na]. The van der Waals surface area contributed by atoms with Gasteiger partial charge in [0.25, 0.3) is 5.56 Å². The third-order valence-electron chi connectivity index (χ3n) is 2.89. The molecule has 0 atom stereocenters. The number of aromatic amines is 1. The maximum Gasteiger partial charge on any atom is 0.358 e. The van der Waals surface area contributed by atoms with Crippen LogP contribution in [0.25, 0.3) is 10.8 Å². The van der Waals surface area contributed by atoms with Gasteiger partial charge in [0.15, 0.2) is 11.4 Å². The van der Waals surface area contributed by atoms with Gasteiger partial charge >= 0.3 is 5.97 Å². The van der Waals surface area contributed by atoms with E-state index in [0.717, 1.165) is 12.8 Å². The molecule has 7 heteroatoms. The number of ether oxygens (including phenoxy) is 1. The number of hydrogen-bond donors (Lipinski definition) is 2. The van der Waals surface area contributed by atoms with Crippen molar-refractivity contribution in [1.29, 1.82) is 0 Å². The molecule has 2 N–H and O–H groups in total. The molecule has 0 amide bonds. The van der Waals surface area contributed by atoms with E-state index in [4.69, 9.17) is 4.74 Å². The van der Waals surface area contributed by atoms with E-state index in [1.165, 1.54) is 0 Å². The maximum absolute atomic E-state index is 11.9. The van der Waals surface area contributed by atoms with E-state index in [1.54, 1.807) is 18.2 Å². The van der Waals surface area contributed by atoms with E-state index >= 15 is 0 Å². The summed E-state index contributed by atoms with van der Waals surface area (Å²) in [5, 5.41) is 10.7. The molecule has 0 unspecified atom stereocenters. The molecule has 0 spiro atoms. The molecule has 1 radical (unpaired) electrons. The van der Waals surface area contributed by atoms with E-state index in [1.807, 2.05) is 6.92 Å². The molecule has 21 heavy (non-hydrogen) atoms. The van der Waals surface area contributed by atoms with Gasteiger partial charge in [0.05, 0.1) is 12.0 Å². The summed E-state index contributed by atoms with van der Waals surface area (Å²) in [5.41, 5.74) is -0.650. The third kappa shape index (κ3) is 4.10. The first-order chi connectivity index (χ1) is 9.54. The minimum Gasteiger partial charge on any atom is -0.505 e. The van der Waals surface area contributed by atoms with Crippen molar-refractivity contribution in [1.82, 2.24) is 4.98 Å². The number of aromatic hydroxyl groups is 1. The van der Waals surface area contributed by atoms with Gasteiger partial charge in [-0.2, -0.15) is 0 Å². The Kier molecular flexibility index (Phi) is 6.93. The zero-order valence-corrected chi connectivity index (χ0v) is 15.5. The van der Waals surface area contributed by atoms with Gasteiger partial charge in [-0.1, -0.05) is 29.3 Å². The van der Waals surface area contributed by atoms with E-state index in [-0.39, 0.29) is 47.6 Å². The van der Waals surface area contributed by atoms with Crippen molar-refractivity contribution in [2.24, 2.45) is 0 Å². The van der Waals surface area contributed by atoms with Gasteiger partial charge in [-0.15, -0.1) is 0 Å². The molecule has 0 fully saturated rings. The number of halogens is 1. The quantitative estimate of drug-likeness (QED) is 0.497. The summed E-state index contributed by atoms with van der Waals surface area (Å²) in [6, 6.07) is 4.85. The molecule has 0 aliphatic heterocycles. The molecule has 0 bridgehead atoms. The first-order valence-electron chi connectivity index (χ1n) is 6.26. The Bertz CT molecular complexity index is 714. The standard InChI is InChI=1S/C14H14BrNO4.Na/c1-2-3-6-20-14(19)11-12(17)9-5-4-8(15)7-10(9)13(18)16-11;/h4-5,7,17H,2-3,6H2,1H3,(H,16,18);. The molecule has 1 aromatic heterocycles. The van der Waals surface area contributed by atoms with Crippen molar-refractivity contribution >= 4 is 62.2 Å². The van der Waals surface area contributed by atoms with Crippen molar-refractivity contribution in [2.75, 3.05) is 6.61 Å². The normalized spacial score (nSPS) is 10.2. The number of nitrogens with one attached hydrogen (secondary N) is 1. The van der Waals surface area contributed by atoms with Crippen LogP contribution in [0.1, 0.15) is 30.3 Å². The molecule has 0 saturated carbocycles. The van der Waals surface area contributed by atoms with Crippen LogP contribution in [0.3, 0.4) is 0 Å². The molecule has 0 saturated heterocycles. The maximum atomic E-state index is 11.9. The number of esters is 1. The Morgan fingerprint density at radius 1 is 1.38 bits per heavy atom. The third-order valence-corrected chi connectivity index (χ3v) is 3.39. The smallest absolute Gasteiger partial charge is 0.358 e. The summed E-state index contributed by atoms with van der Waals surface area (Å²) >= 11 is 3.25. The number of aromatic nitrogens is 1. The summed E-state index contributed by atoms with van der Waals surface area (Å²) < 4.78 is 5.71. The summed E-state index contributed by atoms with van der Waals surface area (Å²) in [6.07, 6.45) is 1.62. The molecule has 1 heterocycles. The van der Waals surface area contributed by atoms with Crippen LogP contribution in [-0.4, -0.2) is 52.2 Å². The van der Waals surface area contributed by atoms with Gasteiger partial charge in [-0.05, 0) is 24.6 Å². The van der Waals surface area contributed by atoms with Gasteiger partial charge in [0, 0.05) is 39.4 Å². The molecule has 5 nitrogen and oxygen atoms in total. The minimum atomic E-state index is -0.724. The molecule has 1 aromatic carbocycles. The van der Waals surface area contributed by atoms with Gasteiger partial charge in [-0.3, -0.25) is 4.79 Å². The van der Waals surface area contributed by atoms with Crippen LogP contribution in [0.2, 0.25) is 0 Å². The van der Waals surface area contributed by atoms with Gasteiger partial charge in [-0.25, -0.2) is 4.79 Å². The van der Waals surface area contributed by atoms with Gasteiger partial charge in [0.2, 0.25) is 0 Å². The second-order valence-electron chi connectivity index (χ2n) is 4.36. The van der Waals surface area contributed by atoms with Crippen molar-refractivity contribution < 1.29 is 14.6 Å². The fraction of sp³-hybridized carbons (Fsp3) is 0.286. The second-order valence-corrected chi connectivity index (χ2v) is 5.27. The van der Waals surface area contributed by atoms with Crippen LogP contribution in [0, 0.1) is 0 Å². The summed E-state index contributed by atoms with van der Waals surface area (Å²) in [7, 11) is 0. The Morgan fingerprint density at radius 2 is 2.10 bits per heavy atom.